The third kappa shape index (κ3) is 8.03. The first-order chi connectivity index (χ1) is 21.9. The van der Waals surface area contributed by atoms with Crippen molar-refractivity contribution in [3.05, 3.63) is 77.6 Å². The fourth-order valence-electron chi connectivity index (χ4n) is 6.01. The third-order valence-corrected chi connectivity index (χ3v) is 8.23. The number of nitrogens with zero attached hydrogens (tertiary/aromatic N) is 3. The molecule has 5 rings (SSSR count). The number of amides is 4. The molecule has 4 amide bonds. The van der Waals surface area contributed by atoms with Crippen LogP contribution in [0.25, 0.3) is 0 Å². The lowest BCUT2D eigenvalue weighted by Gasteiger charge is -2.44. The molecule has 2 aromatic carbocycles. The summed E-state index contributed by atoms with van der Waals surface area (Å²) in [5, 5.41) is 14.9. The van der Waals surface area contributed by atoms with Gasteiger partial charge in [0.25, 0.3) is 0 Å². The van der Waals surface area contributed by atoms with E-state index in [1.54, 1.807) is 48.8 Å². The Balaban J connectivity index is 1.50. The second kappa shape index (κ2) is 13.9. The van der Waals surface area contributed by atoms with Gasteiger partial charge in [0.15, 0.2) is 0 Å². The highest BCUT2D eigenvalue weighted by atomic mass is 19.1. The van der Waals surface area contributed by atoms with Crippen molar-refractivity contribution in [3.63, 3.8) is 0 Å². The fraction of sp³-hybridized carbons (Fsp3) is 0.471. The smallest absolute Gasteiger partial charge is 0.411 e. The highest BCUT2D eigenvalue weighted by Crippen LogP contribution is 2.26. The number of halogens is 1. The van der Waals surface area contributed by atoms with Crippen molar-refractivity contribution in [1.82, 2.24) is 20.0 Å². The molecule has 46 heavy (non-hydrogen) atoms. The van der Waals surface area contributed by atoms with Crippen LogP contribution in [0, 0.1) is 11.7 Å². The maximum Gasteiger partial charge on any atom is 0.411 e. The Kier molecular flexibility index (Phi) is 9.95. The SMILES string of the molecule is CC(C)(C)OC(=O)N1CCN(Cc2ccccc2)C(=O)[C@@H]1[C@@H](O)[C@@H]1Cc2cc(F)cc(c2)OC/C=C\CN2CC(CC2=O)C(=O)N1. The number of aliphatic hydroxyl groups excluding tert-OH is 1. The first kappa shape index (κ1) is 32.9. The number of rotatable bonds is 4. The summed E-state index contributed by atoms with van der Waals surface area (Å²) in [5.41, 5.74) is 0.395. The van der Waals surface area contributed by atoms with E-state index in [1.165, 1.54) is 17.0 Å². The number of carbonyl (C=O) groups excluding carboxylic acids is 4. The second-order valence-corrected chi connectivity index (χ2v) is 13.0. The van der Waals surface area contributed by atoms with Crippen molar-refractivity contribution in [1.29, 1.82) is 0 Å². The van der Waals surface area contributed by atoms with Gasteiger partial charge in [-0.15, -0.1) is 0 Å². The monoisotopic (exact) mass is 636 g/mol. The lowest BCUT2D eigenvalue weighted by atomic mass is 9.92. The third-order valence-electron chi connectivity index (χ3n) is 8.23. The first-order valence-electron chi connectivity index (χ1n) is 15.5. The maximum atomic E-state index is 14.7. The molecule has 2 aromatic rings. The predicted octanol–water partition coefficient (Wildman–Crippen LogP) is 2.66. The van der Waals surface area contributed by atoms with Gasteiger partial charge in [0.1, 0.15) is 35.9 Å². The number of hydrogen-bond donors (Lipinski definition) is 2. The van der Waals surface area contributed by atoms with E-state index in [9.17, 15) is 28.7 Å². The van der Waals surface area contributed by atoms with Crippen molar-refractivity contribution < 1.29 is 38.1 Å². The number of carbonyl (C=O) groups is 4. The van der Waals surface area contributed by atoms with Crippen LogP contribution in [-0.4, -0.2) is 100 Å². The van der Waals surface area contributed by atoms with Gasteiger partial charge in [0.05, 0.1) is 12.0 Å². The minimum absolute atomic E-state index is 0.0135. The normalized spacial score (nSPS) is 24.0. The topological polar surface area (TPSA) is 129 Å². The molecule has 2 N–H and O–H groups in total. The van der Waals surface area contributed by atoms with Crippen LogP contribution in [0.1, 0.15) is 38.3 Å². The van der Waals surface area contributed by atoms with Crippen LogP contribution in [0.15, 0.2) is 60.7 Å². The van der Waals surface area contributed by atoms with Crippen LogP contribution < -0.4 is 10.1 Å². The summed E-state index contributed by atoms with van der Waals surface area (Å²) >= 11 is 0. The highest BCUT2D eigenvalue weighted by Gasteiger charge is 2.47. The summed E-state index contributed by atoms with van der Waals surface area (Å²) in [6.07, 6.45) is 0.968. The van der Waals surface area contributed by atoms with Gasteiger partial charge in [-0.1, -0.05) is 36.4 Å². The molecule has 0 aliphatic carbocycles. The molecule has 3 heterocycles. The fourth-order valence-corrected chi connectivity index (χ4v) is 6.01. The molecule has 2 fully saturated rings. The molecule has 2 saturated heterocycles. The number of aliphatic hydroxyl groups is 1. The minimum Gasteiger partial charge on any atom is -0.489 e. The van der Waals surface area contributed by atoms with Crippen LogP contribution in [0.4, 0.5) is 9.18 Å². The van der Waals surface area contributed by atoms with Gasteiger partial charge in [-0.2, -0.15) is 0 Å². The number of piperazine rings is 1. The summed E-state index contributed by atoms with van der Waals surface area (Å²) in [6, 6.07) is 10.9. The number of hydrogen-bond acceptors (Lipinski definition) is 7. The number of ether oxygens (including phenoxy) is 2. The van der Waals surface area contributed by atoms with Gasteiger partial charge in [-0.25, -0.2) is 9.18 Å². The lowest BCUT2D eigenvalue weighted by Crippen LogP contribution is -2.66. The molecule has 4 bridgehead atoms. The van der Waals surface area contributed by atoms with Gasteiger partial charge in [-0.3, -0.25) is 19.3 Å². The number of nitrogens with one attached hydrogen (secondary N) is 1. The molecule has 0 aromatic heterocycles. The van der Waals surface area contributed by atoms with Crippen molar-refractivity contribution in [2.24, 2.45) is 5.92 Å². The van der Waals surface area contributed by atoms with Gasteiger partial charge >= 0.3 is 6.09 Å². The summed E-state index contributed by atoms with van der Waals surface area (Å²) in [4.78, 5) is 58.2. The Morgan fingerprint density at radius 1 is 1.09 bits per heavy atom. The van der Waals surface area contributed by atoms with E-state index >= 15 is 0 Å². The Bertz CT molecular complexity index is 1480. The van der Waals surface area contributed by atoms with Crippen LogP contribution in [-0.2, 0) is 32.1 Å². The predicted molar refractivity (Wildman–Crippen MR) is 166 cm³/mol. The van der Waals surface area contributed by atoms with Crippen molar-refractivity contribution in [3.8, 4) is 5.75 Å². The zero-order chi connectivity index (χ0) is 33.0. The van der Waals surface area contributed by atoms with E-state index in [-0.39, 0.29) is 63.8 Å². The Morgan fingerprint density at radius 3 is 2.59 bits per heavy atom. The molecule has 3 aliphatic rings. The molecule has 12 heteroatoms. The summed E-state index contributed by atoms with van der Waals surface area (Å²) in [5.74, 6) is -2.22. The molecule has 11 nitrogen and oxygen atoms in total. The number of benzene rings is 2. The standard InChI is InChI=1S/C34H41FN4O7/c1-34(2,3)46-33(44)39-13-12-38(20-22-9-5-4-6-10-22)32(43)29(39)30(41)27-17-23-15-25(35)19-26(16-23)45-14-8-7-11-37-21-24(18-28(37)40)31(42)36-27/h4-10,15-16,19,24,27,29-30,41H,11-14,17-18,20-21H2,1-3H3,(H,36,42)/b8-7-/t24?,27-,29-,30-/m0/s1. The van der Waals surface area contributed by atoms with Gasteiger partial charge in [0.2, 0.25) is 17.7 Å². The van der Waals surface area contributed by atoms with Crippen molar-refractivity contribution >= 4 is 23.8 Å². The first-order valence-corrected chi connectivity index (χ1v) is 15.5. The lowest BCUT2D eigenvalue weighted by molar-refractivity contribution is -0.149. The zero-order valence-corrected chi connectivity index (χ0v) is 26.4. The van der Waals surface area contributed by atoms with Gasteiger partial charge in [0, 0.05) is 45.2 Å². The highest BCUT2D eigenvalue weighted by molar-refractivity contribution is 5.90. The summed E-state index contributed by atoms with van der Waals surface area (Å²) in [7, 11) is 0. The maximum absolute atomic E-state index is 14.7. The average Bonchev–Trinajstić information content (AvgIpc) is 3.36. The van der Waals surface area contributed by atoms with Crippen LogP contribution in [0.5, 0.6) is 5.75 Å². The molecule has 3 aliphatic heterocycles. The van der Waals surface area contributed by atoms with E-state index < -0.39 is 53.4 Å². The zero-order valence-electron chi connectivity index (χ0n) is 26.4. The van der Waals surface area contributed by atoms with Gasteiger partial charge in [-0.05, 0) is 56.5 Å². The van der Waals surface area contributed by atoms with E-state index in [0.29, 0.717) is 5.56 Å². The molecule has 0 spiro atoms. The molecule has 246 valence electrons. The molecular weight excluding hydrogens is 595 g/mol. The Labute approximate surface area is 267 Å². The largest absolute Gasteiger partial charge is 0.489 e. The molecule has 4 atom stereocenters. The molecule has 1 unspecified atom stereocenters. The minimum atomic E-state index is -1.62. The van der Waals surface area contributed by atoms with Crippen molar-refractivity contribution in [2.45, 2.75) is 63.9 Å². The van der Waals surface area contributed by atoms with E-state index in [4.69, 9.17) is 9.47 Å². The van der Waals surface area contributed by atoms with E-state index in [0.717, 1.165) is 5.56 Å². The average molecular weight is 637 g/mol. The molecular formula is C34H41FN4O7. The van der Waals surface area contributed by atoms with Crippen molar-refractivity contribution in [2.75, 3.05) is 32.8 Å². The van der Waals surface area contributed by atoms with E-state index in [1.807, 2.05) is 30.3 Å². The summed E-state index contributed by atoms with van der Waals surface area (Å²) in [6.45, 7) is 6.23. The molecule has 0 radical (unpaired) electrons. The van der Waals surface area contributed by atoms with Crippen LogP contribution in [0.3, 0.4) is 0 Å². The quantitative estimate of drug-likeness (QED) is 0.494. The van der Waals surface area contributed by atoms with E-state index in [2.05, 4.69) is 5.32 Å². The Morgan fingerprint density at radius 2 is 1.85 bits per heavy atom. The second-order valence-electron chi connectivity index (χ2n) is 13.0. The van der Waals surface area contributed by atoms with Crippen LogP contribution >= 0.6 is 0 Å². The van der Waals surface area contributed by atoms with Gasteiger partial charge < -0.3 is 29.7 Å². The van der Waals surface area contributed by atoms with Crippen LogP contribution in [0.2, 0.25) is 0 Å². The number of fused-ring (bicyclic) bond motifs is 4. The Hall–Kier alpha value is -4.45. The molecule has 0 saturated carbocycles. The summed E-state index contributed by atoms with van der Waals surface area (Å²) < 4.78 is 26.1.